The van der Waals surface area contributed by atoms with Crippen molar-refractivity contribution in [3.05, 3.63) is 0 Å². The van der Waals surface area contributed by atoms with Crippen LogP contribution < -0.4 is 0 Å². The lowest BCUT2D eigenvalue weighted by Gasteiger charge is -2.19. The van der Waals surface area contributed by atoms with Gasteiger partial charge in [-0.25, -0.2) is 0 Å². The van der Waals surface area contributed by atoms with Crippen LogP contribution >= 0.6 is 0 Å². The highest BCUT2D eigenvalue weighted by Gasteiger charge is 2.31. The van der Waals surface area contributed by atoms with Crippen LogP contribution in [0.15, 0.2) is 0 Å². The molecule has 0 N–H and O–H groups in total. The van der Waals surface area contributed by atoms with Gasteiger partial charge in [0, 0.05) is 11.8 Å². The number of Topliss-reactive ketones (excluding diaryl/α,β-unsaturated/α-hetero) is 1. The smallest absolute Gasteiger partial charge is 0.138 e. The molecule has 1 nitrogen and oxygen atoms in total. The highest BCUT2D eigenvalue weighted by atomic mass is 16.1. The molecule has 1 heteroatoms. The number of carbonyl (C=O) groups is 1. The Morgan fingerprint density at radius 2 is 1.92 bits per heavy atom. The molecule has 0 radical (unpaired) electrons. The summed E-state index contributed by atoms with van der Waals surface area (Å²) in [7, 11) is 0. The Hall–Kier alpha value is -0.330. The molecule has 0 amide bonds. The first-order chi connectivity index (χ1) is 5.41. The van der Waals surface area contributed by atoms with E-state index in [1.165, 1.54) is 12.8 Å². The van der Waals surface area contributed by atoms with Gasteiger partial charge in [0.1, 0.15) is 5.78 Å². The van der Waals surface area contributed by atoms with Crippen molar-refractivity contribution in [2.45, 2.75) is 47.0 Å². The molecule has 0 heterocycles. The fourth-order valence-electron chi connectivity index (χ4n) is 1.43. The van der Waals surface area contributed by atoms with Crippen molar-refractivity contribution < 1.29 is 4.79 Å². The number of ketones is 1. The Morgan fingerprint density at radius 3 is 2.25 bits per heavy atom. The monoisotopic (exact) mass is 168 g/mol. The van der Waals surface area contributed by atoms with Gasteiger partial charge in [0.15, 0.2) is 0 Å². The summed E-state index contributed by atoms with van der Waals surface area (Å²) in [6.07, 6.45) is 3.48. The van der Waals surface area contributed by atoms with Crippen LogP contribution in [0.2, 0.25) is 0 Å². The largest absolute Gasteiger partial charge is 0.299 e. The molecule has 1 saturated carbocycles. The fourth-order valence-corrected chi connectivity index (χ4v) is 1.43. The van der Waals surface area contributed by atoms with Crippen LogP contribution in [-0.4, -0.2) is 5.78 Å². The lowest BCUT2D eigenvalue weighted by Crippen LogP contribution is -2.22. The summed E-state index contributed by atoms with van der Waals surface area (Å²) in [5.74, 6) is 1.90. The molecule has 0 aliphatic heterocycles. The normalized spacial score (nSPS) is 20.7. The molecule has 1 unspecified atom stereocenters. The van der Waals surface area contributed by atoms with Gasteiger partial charge in [0.2, 0.25) is 0 Å². The van der Waals surface area contributed by atoms with Gasteiger partial charge in [0.25, 0.3) is 0 Å². The molecule has 0 saturated heterocycles. The zero-order valence-electron chi connectivity index (χ0n) is 8.68. The summed E-state index contributed by atoms with van der Waals surface area (Å²) in [6, 6.07) is 0. The standard InChI is InChI=1S/C11H20O/c1-8(9-5-6-9)7-10(12)11(2,3)4/h8-9H,5-7H2,1-4H3. The van der Waals surface area contributed by atoms with Gasteiger partial charge in [-0.15, -0.1) is 0 Å². The van der Waals surface area contributed by atoms with E-state index in [0.29, 0.717) is 11.7 Å². The Kier molecular flexibility index (Phi) is 2.60. The van der Waals surface area contributed by atoms with E-state index in [9.17, 15) is 4.79 Å². The molecular weight excluding hydrogens is 148 g/mol. The van der Waals surface area contributed by atoms with Crippen molar-refractivity contribution in [3.63, 3.8) is 0 Å². The number of carbonyl (C=O) groups excluding carboxylic acids is 1. The van der Waals surface area contributed by atoms with Gasteiger partial charge in [0.05, 0.1) is 0 Å². The predicted octanol–water partition coefficient (Wildman–Crippen LogP) is 3.04. The summed E-state index contributed by atoms with van der Waals surface area (Å²) in [5.41, 5.74) is -0.136. The summed E-state index contributed by atoms with van der Waals surface area (Å²) in [4.78, 5) is 11.6. The average molecular weight is 168 g/mol. The Morgan fingerprint density at radius 1 is 1.42 bits per heavy atom. The highest BCUT2D eigenvalue weighted by molar-refractivity contribution is 5.83. The zero-order chi connectivity index (χ0) is 9.35. The van der Waals surface area contributed by atoms with Crippen LogP contribution in [0.4, 0.5) is 0 Å². The van der Waals surface area contributed by atoms with Crippen LogP contribution in [0.25, 0.3) is 0 Å². The maximum Gasteiger partial charge on any atom is 0.138 e. The maximum atomic E-state index is 11.6. The second-order valence-corrected chi connectivity index (χ2v) is 5.19. The van der Waals surface area contributed by atoms with Crippen molar-refractivity contribution in [1.29, 1.82) is 0 Å². The molecule has 1 fully saturated rings. The maximum absolute atomic E-state index is 11.6. The fraction of sp³-hybridized carbons (Fsp3) is 0.909. The predicted molar refractivity (Wildman–Crippen MR) is 51.0 cm³/mol. The van der Waals surface area contributed by atoms with Crippen molar-refractivity contribution in [3.8, 4) is 0 Å². The van der Waals surface area contributed by atoms with Crippen molar-refractivity contribution >= 4 is 5.78 Å². The molecule has 0 aromatic rings. The Balaban J connectivity index is 2.34. The first-order valence-electron chi connectivity index (χ1n) is 4.94. The molecule has 70 valence electrons. The van der Waals surface area contributed by atoms with Gasteiger partial charge >= 0.3 is 0 Å². The van der Waals surface area contributed by atoms with Gasteiger partial charge in [-0.3, -0.25) is 4.79 Å². The third-order valence-electron chi connectivity index (χ3n) is 2.77. The lowest BCUT2D eigenvalue weighted by molar-refractivity contribution is -0.127. The topological polar surface area (TPSA) is 17.1 Å². The average Bonchev–Trinajstić information content (AvgIpc) is 2.65. The summed E-state index contributed by atoms with van der Waals surface area (Å²) in [5, 5.41) is 0. The number of rotatable bonds is 3. The molecule has 1 aliphatic rings. The Bertz CT molecular complexity index is 172. The number of hydrogen-bond donors (Lipinski definition) is 0. The van der Waals surface area contributed by atoms with E-state index in [4.69, 9.17) is 0 Å². The Labute approximate surface area is 75.5 Å². The van der Waals surface area contributed by atoms with Crippen LogP contribution in [0.3, 0.4) is 0 Å². The molecule has 0 aromatic heterocycles. The van der Waals surface area contributed by atoms with Gasteiger partial charge < -0.3 is 0 Å². The number of hydrogen-bond acceptors (Lipinski definition) is 1. The van der Waals surface area contributed by atoms with Crippen molar-refractivity contribution in [1.82, 2.24) is 0 Å². The summed E-state index contributed by atoms with van der Waals surface area (Å²) in [6.45, 7) is 8.24. The van der Waals surface area contributed by atoms with E-state index in [2.05, 4.69) is 6.92 Å². The first-order valence-corrected chi connectivity index (χ1v) is 4.94. The first kappa shape index (κ1) is 9.76. The second kappa shape index (κ2) is 3.20. The minimum atomic E-state index is -0.136. The van der Waals surface area contributed by atoms with Gasteiger partial charge in [-0.1, -0.05) is 27.7 Å². The zero-order valence-corrected chi connectivity index (χ0v) is 8.68. The van der Waals surface area contributed by atoms with E-state index in [0.717, 1.165) is 12.3 Å². The van der Waals surface area contributed by atoms with E-state index in [-0.39, 0.29) is 5.41 Å². The highest BCUT2D eigenvalue weighted by Crippen LogP contribution is 2.39. The summed E-state index contributed by atoms with van der Waals surface area (Å²) >= 11 is 0. The molecule has 0 bridgehead atoms. The van der Waals surface area contributed by atoms with Crippen LogP contribution in [-0.2, 0) is 4.79 Å². The van der Waals surface area contributed by atoms with Gasteiger partial charge in [-0.05, 0) is 24.7 Å². The van der Waals surface area contributed by atoms with Crippen molar-refractivity contribution in [2.75, 3.05) is 0 Å². The van der Waals surface area contributed by atoms with Gasteiger partial charge in [-0.2, -0.15) is 0 Å². The van der Waals surface area contributed by atoms with E-state index < -0.39 is 0 Å². The quantitative estimate of drug-likeness (QED) is 0.633. The van der Waals surface area contributed by atoms with Crippen LogP contribution in [0, 0.1) is 17.3 Å². The van der Waals surface area contributed by atoms with E-state index >= 15 is 0 Å². The minimum absolute atomic E-state index is 0.136. The third-order valence-corrected chi connectivity index (χ3v) is 2.77. The molecule has 1 rings (SSSR count). The summed E-state index contributed by atoms with van der Waals surface area (Å²) < 4.78 is 0. The molecule has 1 atom stereocenters. The molecular formula is C11H20O. The van der Waals surface area contributed by atoms with E-state index in [1.807, 2.05) is 20.8 Å². The SMILES string of the molecule is CC(CC(=O)C(C)(C)C)C1CC1. The van der Waals surface area contributed by atoms with Crippen molar-refractivity contribution in [2.24, 2.45) is 17.3 Å². The van der Waals surface area contributed by atoms with Crippen LogP contribution in [0.5, 0.6) is 0 Å². The van der Waals surface area contributed by atoms with E-state index in [1.54, 1.807) is 0 Å². The lowest BCUT2D eigenvalue weighted by atomic mass is 9.84. The van der Waals surface area contributed by atoms with Crippen LogP contribution in [0.1, 0.15) is 47.0 Å². The molecule has 12 heavy (non-hydrogen) atoms. The molecule has 0 spiro atoms. The molecule has 0 aromatic carbocycles. The minimum Gasteiger partial charge on any atom is -0.299 e. The second-order valence-electron chi connectivity index (χ2n) is 5.19. The molecule has 1 aliphatic carbocycles. The third kappa shape index (κ3) is 2.62.